The number of hydrogen-bond acceptors (Lipinski definition) is 7. The molecular weight excluding hydrogens is 520 g/mol. The third kappa shape index (κ3) is 5.71. The van der Waals surface area contributed by atoms with Crippen molar-refractivity contribution < 1.29 is 28.9 Å². The lowest BCUT2D eigenvalue weighted by atomic mass is 9.94. The summed E-state index contributed by atoms with van der Waals surface area (Å²) in [5.41, 5.74) is 3.29. The first-order valence-electron chi connectivity index (χ1n) is 14.1. The Kier molecular flexibility index (Phi) is 7.76. The maximum Gasteiger partial charge on any atom is 0.295 e. The summed E-state index contributed by atoms with van der Waals surface area (Å²) in [5, 5.41) is 11.6. The van der Waals surface area contributed by atoms with Gasteiger partial charge in [0.25, 0.3) is 11.7 Å². The number of carbonyl (C=O) groups excluding carboxylic acids is 2. The van der Waals surface area contributed by atoms with Gasteiger partial charge >= 0.3 is 0 Å². The third-order valence-corrected chi connectivity index (χ3v) is 7.89. The number of aliphatic hydroxyl groups excluding tert-OH is 1. The molecule has 41 heavy (non-hydrogen) atoms. The molecule has 2 atom stereocenters. The van der Waals surface area contributed by atoms with Crippen LogP contribution in [0.1, 0.15) is 35.2 Å². The van der Waals surface area contributed by atoms with Gasteiger partial charge in [0.05, 0.1) is 24.8 Å². The standard InChI is InChI=1S/C33H34N2O6/c1-22-18-26-19-25(10-11-28(26)41-22)31(36)29-30(35(33(38)32(29)37)13-12-34-14-16-39-17-15-34)24-8-5-9-27(20-24)40-21-23-6-3-2-4-7-23/h2-11,19-20,22,30,36H,12-18,21H2,1H3/b31-29+. The van der Waals surface area contributed by atoms with E-state index in [-0.39, 0.29) is 17.4 Å². The van der Waals surface area contributed by atoms with Crippen molar-refractivity contribution >= 4 is 17.4 Å². The fraction of sp³-hybridized carbons (Fsp3) is 0.333. The van der Waals surface area contributed by atoms with Crippen LogP contribution in [0, 0.1) is 0 Å². The minimum atomic E-state index is -0.750. The molecule has 0 bridgehead atoms. The smallest absolute Gasteiger partial charge is 0.295 e. The van der Waals surface area contributed by atoms with Gasteiger partial charge in [-0.15, -0.1) is 0 Å². The van der Waals surface area contributed by atoms with Gasteiger partial charge in [-0.1, -0.05) is 42.5 Å². The Morgan fingerprint density at radius 1 is 0.976 bits per heavy atom. The average molecular weight is 555 g/mol. The monoisotopic (exact) mass is 554 g/mol. The molecule has 3 aromatic carbocycles. The van der Waals surface area contributed by atoms with Crippen molar-refractivity contribution in [2.75, 3.05) is 39.4 Å². The van der Waals surface area contributed by atoms with Gasteiger partial charge in [0.2, 0.25) is 0 Å². The number of benzene rings is 3. The largest absolute Gasteiger partial charge is 0.507 e. The predicted molar refractivity (Wildman–Crippen MR) is 154 cm³/mol. The number of aliphatic hydroxyl groups is 1. The molecule has 8 nitrogen and oxygen atoms in total. The van der Waals surface area contributed by atoms with Gasteiger partial charge in [-0.05, 0) is 53.9 Å². The SMILES string of the molecule is CC1Cc2cc(/C(O)=C3\C(=O)C(=O)N(CCN4CCOCC4)C3c3cccc(OCc4ccccc4)c3)ccc2O1. The lowest BCUT2D eigenvalue weighted by molar-refractivity contribution is -0.140. The normalized spacial score (nSPS) is 22.0. The Labute approximate surface area is 239 Å². The van der Waals surface area contributed by atoms with Gasteiger partial charge in [0.15, 0.2) is 0 Å². The summed E-state index contributed by atoms with van der Waals surface area (Å²) in [4.78, 5) is 30.8. The molecule has 212 valence electrons. The number of ether oxygens (including phenoxy) is 3. The van der Waals surface area contributed by atoms with Gasteiger partial charge in [0.1, 0.15) is 30.0 Å². The zero-order valence-corrected chi connectivity index (χ0v) is 23.1. The minimum absolute atomic E-state index is 0.0480. The molecule has 2 saturated heterocycles. The van der Waals surface area contributed by atoms with Crippen LogP contribution in [0.15, 0.2) is 78.4 Å². The number of amides is 1. The van der Waals surface area contributed by atoms with E-state index in [0.29, 0.717) is 56.2 Å². The molecule has 0 radical (unpaired) electrons. The second-order valence-electron chi connectivity index (χ2n) is 10.7. The van der Waals surface area contributed by atoms with Crippen molar-refractivity contribution in [3.63, 3.8) is 0 Å². The summed E-state index contributed by atoms with van der Waals surface area (Å²) in [5.74, 6) is -0.0810. The molecule has 0 spiro atoms. The number of Topliss-reactive ketones (excluding diaryl/α,β-unsaturated/α-hetero) is 1. The molecule has 0 aliphatic carbocycles. The number of nitrogens with zero attached hydrogens (tertiary/aromatic N) is 2. The first kappa shape index (κ1) is 27.1. The van der Waals surface area contributed by atoms with Crippen LogP contribution in [-0.4, -0.2) is 72.1 Å². The van der Waals surface area contributed by atoms with Crippen LogP contribution in [0.25, 0.3) is 5.76 Å². The summed E-state index contributed by atoms with van der Waals surface area (Å²) in [6.45, 7) is 6.15. The Morgan fingerprint density at radius 3 is 2.59 bits per heavy atom. The van der Waals surface area contributed by atoms with E-state index in [1.54, 1.807) is 11.0 Å². The van der Waals surface area contributed by atoms with Crippen molar-refractivity contribution in [1.82, 2.24) is 9.80 Å². The van der Waals surface area contributed by atoms with E-state index < -0.39 is 17.7 Å². The molecule has 3 aliphatic rings. The second-order valence-corrected chi connectivity index (χ2v) is 10.7. The van der Waals surface area contributed by atoms with Crippen molar-refractivity contribution in [1.29, 1.82) is 0 Å². The minimum Gasteiger partial charge on any atom is -0.507 e. The molecule has 1 amide bonds. The van der Waals surface area contributed by atoms with Crippen LogP contribution in [0.3, 0.4) is 0 Å². The molecule has 0 aromatic heterocycles. The highest BCUT2D eigenvalue weighted by atomic mass is 16.5. The Morgan fingerprint density at radius 2 is 1.78 bits per heavy atom. The van der Waals surface area contributed by atoms with Crippen LogP contribution < -0.4 is 9.47 Å². The number of morpholine rings is 1. The number of ketones is 1. The molecule has 3 aliphatic heterocycles. The molecule has 1 N–H and O–H groups in total. The summed E-state index contributed by atoms with van der Waals surface area (Å²) < 4.78 is 17.4. The Balaban J connectivity index is 1.35. The van der Waals surface area contributed by atoms with E-state index in [1.807, 2.05) is 73.7 Å². The van der Waals surface area contributed by atoms with Gasteiger partial charge in [-0.2, -0.15) is 0 Å². The highest BCUT2D eigenvalue weighted by Crippen LogP contribution is 2.41. The number of fused-ring (bicyclic) bond motifs is 1. The lowest BCUT2D eigenvalue weighted by Crippen LogP contribution is -2.42. The third-order valence-electron chi connectivity index (χ3n) is 7.89. The maximum absolute atomic E-state index is 13.5. The number of carbonyl (C=O) groups is 2. The number of rotatable bonds is 8. The van der Waals surface area contributed by atoms with E-state index in [0.717, 1.165) is 30.0 Å². The van der Waals surface area contributed by atoms with Gasteiger partial charge in [-0.3, -0.25) is 14.5 Å². The van der Waals surface area contributed by atoms with E-state index in [4.69, 9.17) is 14.2 Å². The Hall–Kier alpha value is -4.14. The van der Waals surface area contributed by atoms with Crippen molar-refractivity contribution in [2.24, 2.45) is 0 Å². The van der Waals surface area contributed by atoms with Gasteiger partial charge in [-0.25, -0.2) is 0 Å². The van der Waals surface area contributed by atoms with Gasteiger partial charge < -0.3 is 24.2 Å². The first-order valence-corrected chi connectivity index (χ1v) is 14.1. The van der Waals surface area contributed by atoms with Crippen molar-refractivity contribution in [3.8, 4) is 11.5 Å². The molecule has 8 heteroatoms. The number of hydrogen-bond donors (Lipinski definition) is 1. The van der Waals surface area contributed by atoms with Crippen LogP contribution >= 0.6 is 0 Å². The molecule has 6 rings (SSSR count). The first-order chi connectivity index (χ1) is 20.0. The van der Waals surface area contributed by atoms with E-state index in [1.165, 1.54) is 0 Å². The zero-order chi connectivity index (χ0) is 28.3. The van der Waals surface area contributed by atoms with Gasteiger partial charge in [0, 0.05) is 38.2 Å². The number of likely N-dealkylation sites (tertiary alicyclic amines) is 1. The second kappa shape index (κ2) is 11.8. The van der Waals surface area contributed by atoms with E-state index in [2.05, 4.69) is 4.90 Å². The fourth-order valence-electron chi connectivity index (χ4n) is 5.77. The highest BCUT2D eigenvalue weighted by Gasteiger charge is 2.46. The Bertz CT molecular complexity index is 1460. The topological polar surface area (TPSA) is 88.5 Å². The van der Waals surface area contributed by atoms with Crippen LogP contribution in [-0.2, 0) is 27.4 Å². The van der Waals surface area contributed by atoms with Crippen LogP contribution in [0.4, 0.5) is 0 Å². The summed E-state index contributed by atoms with van der Waals surface area (Å²) in [6.07, 6.45) is 0.765. The highest BCUT2D eigenvalue weighted by molar-refractivity contribution is 6.46. The fourth-order valence-corrected chi connectivity index (χ4v) is 5.77. The summed E-state index contributed by atoms with van der Waals surface area (Å²) in [7, 11) is 0. The molecule has 3 aromatic rings. The van der Waals surface area contributed by atoms with E-state index in [9.17, 15) is 14.7 Å². The predicted octanol–water partition coefficient (Wildman–Crippen LogP) is 4.34. The molecule has 2 fully saturated rings. The average Bonchev–Trinajstić information content (AvgIpc) is 3.50. The molecule has 3 heterocycles. The van der Waals surface area contributed by atoms with E-state index >= 15 is 0 Å². The van der Waals surface area contributed by atoms with Crippen molar-refractivity contribution in [2.45, 2.75) is 32.1 Å². The molecule has 2 unspecified atom stereocenters. The van der Waals surface area contributed by atoms with Crippen LogP contribution in [0.2, 0.25) is 0 Å². The lowest BCUT2D eigenvalue weighted by Gasteiger charge is -2.31. The summed E-state index contributed by atoms with van der Waals surface area (Å²) >= 11 is 0. The van der Waals surface area contributed by atoms with Crippen LogP contribution in [0.5, 0.6) is 11.5 Å². The maximum atomic E-state index is 13.5. The quantitative estimate of drug-likeness (QED) is 0.252. The summed E-state index contributed by atoms with van der Waals surface area (Å²) in [6, 6.07) is 22.0. The van der Waals surface area contributed by atoms with Crippen molar-refractivity contribution in [3.05, 3.63) is 101 Å². The molecular formula is C33H34N2O6. The zero-order valence-electron chi connectivity index (χ0n) is 23.1. The molecule has 0 saturated carbocycles.